The Hall–Kier alpha value is -1.51. The van der Waals surface area contributed by atoms with E-state index in [-0.39, 0.29) is 30.6 Å². The molecule has 0 aliphatic heterocycles. The van der Waals surface area contributed by atoms with Crippen LogP contribution in [0.15, 0.2) is 0 Å². The second kappa shape index (κ2) is 12.0. The van der Waals surface area contributed by atoms with Gasteiger partial charge < -0.3 is 27.2 Å². The van der Waals surface area contributed by atoms with Gasteiger partial charge in [0.15, 0.2) is 5.78 Å². The number of nitrogens with one attached hydrogen (secondary N) is 2. The maximum absolute atomic E-state index is 12.7. The van der Waals surface area contributed by atoms with Crippen LogP contribution in [0.25, 0.3) is 0 Å². The molecule has 7 N–H and O–H groups in total. The molecule has 0 aromatic rings. The van der Waals surface area contributed by atoms with E-state index in [1.807, 2.05) is 0 Å². The summed E-state index contributed by atoms with van der Waals surface area (Å²) in [5.41, 5.74) is 11.2. The van der Waals surface area contributed by atoms with E-state index in [1.165, 1.54) is 19.8 Å². The SMILES string of the molecule is CCC(=O)[C@H](CN)NC(=O)[C@@H](NC(=O)C(CCN)CC1CCCC1)C(C)O. The van der Waals surface area contributed by atoms with Gasteiger partial charge in [-0.05, 0) is 32.2 Å². The topological polar surface area (TPSA) is 148 Å². The van der Waals surface area contributed by atoms with Crippen molar-refractivity contribution in [3.05, 3.63) is 0 Å². The van der Waals surface area contributed by atoms with E-state index in [0.717, 1.165) is 19.3 Å². The molecule has 2 amide bonds. The molecule has 2 unspecified atom stereocenters. The largest absolute Gasteiger partial charge is 0.391 e. The highest BCUT2D eigenvalue weighted by molar-refractivity contribution is 5.93. The molecule has 1 rings (SSSR count). The Morgan fingerprint density at radius 2 is 1.74 bits per heavy atom. The first-order valence-electron chi connectivity index (χ1n) is 10.1. The van der Waals surface area contributed by atoms with Crippen LogP contribution in [0.2, 0.25) is 0 Å². The number of aliphatic hydroxyl groups excluding tert-OH is 1. The van der Waals surface area contributed by atoms with Gasteiger partial charge in [-0.15, -0.1) is 0 Å². The predicted molar refractivity (Wildman–Crippen MR) is 104 cm³/mol. The van der Waals surface area contributed by atoms with Crippen molar-refractivity contribution in [1.82, 2.24) is 10.6 Å². The van der Waals surface area contributed by atoms with E-state index < -0.39 is 24.1 Å². The van der Waals surface area contributed by atoms with Crippen molar-refractivity contribution in [2.24, 2.45) is 23.3 Å². The van der Waals surface area contributed by atoms with E-state index >= 15 is 0 Å². The number of rotatable bonds is 12. The quantitative estimate of drug-likeness (QED) is 0.315. The minimum absolute atomic E-state index is 0.0314. The van der Waals surface area contributed by atoms with Gasteiger partial charge in [0.05, 0.1) is 12.1 Å². The van der Waals surface area contributed by atoms with Gasteiger partial charge >= 0.3 is 0 Å². The van der Waals surface area contributed by atoms with Gasteiger partial charge in [-0.3, -0.25) is 14.4 Å². The third-order valence-corrected chi connectivity index (χ3v) is 5.33. The zero-order chi connectivity index (χ0) is 20.4. The fraction of sp³-hybridized carbons (Fsp3) is 0.842. The zero-order valence-corrected chi connectivity index (χ0v) is 16.6. The molecular formula is C19H36N4O4. The normalized spacial score (nSPS) is 19.1. The Morgan fingerprint density at radius 3 is 2.22 bits per heavy atom. The number of Topliss-reactive ketones (excluding diaryl/α,β-unsaturated/α-hetero) is 1. The lowest BCUT2D eigenvalue weighted by molar-refractivity contribution is -0.135. The summed E-state index contributed by atoms with van der Waals surface area (Å²) in [6, 6.07) is -1.96. The van der Waals surface area contributed by atoms with Crippen molar-refractivity contribution in [2.45, 2.75) is 77.0 Å². The Labute approximate surface area is 161 Å². The summed E-state index contributed by atoms with van der Waals surface area (Å²) in [4.78, 5) is 37.1. The molecule has 1 fully saturated rings. The summed E-state index contributed by atoms with van der Waals surface area (Å²) in [7, 11) is 0. The fourth-order valence-corrected chi connectivity index (χ4v) is 3.66. The molecule has 1 aliphatic rings. The first kappa shape index (κ1) is 23.5. The van der Waals surface area contributed by atoms with E-state index in [4.69, 9.17) is 11.5 Å². The van der Waals surface area contributed by atoms with E-state index in [9.17, 15) is 19.5 Å². The van der Waals surface area contributed by atoms with Crippen molar-refractivity contribution in [2.75, 3.05) is 13.1 Å². The average Bonchev–Trinajstić information content (AvgIpc) is 3.15. The minimum atomic E-state index is -1.14. The van der Waals surface area contributed by atoms with Gasteiger partial charge in [0, 0.05) is 18.9 Å². The molecule has 8 heteroatoms. The standard InChI is InChI=1S/C19H36N4O4/c1-3-16(25)15(11-21)22-19(27)17(12(2)24)23-18(26)14(8-9-20)10-13-6-4-5-7-13/h12-15,17,24H,3-11,20-21H2,1-2H3,(H,22,27)(H,23,26)/t12?,14?,15-,17-/m0/s1. The number of carbonyl (C=O) groups is 3. The molecule has 0 spiro atoms. The number of amides is 2. The van der Waals surface area contributed by atoms with Crippen LogP contribution in [0.5, 0.6) is 0 Å². The number of aliphatic hydroxyl groups is 1. The lowest BCUT2D eigenvalue weighted by Crippen LogP contribution is -2.57. The maximum atomic E-state index is 12.7. The molecule has 0 bridgehead atoms. The van der Waals surface area contributed by atoms with Crippen molar-refractivity contribution in [3.8, 4) is 0 Å². The first-order valence-corrected chi connectivity index (χ1v) is 10.1. The third-order valence-electron chi connectivity index (χ3n) is 5.33. The molecule has 0 heterocycles. The average molecular weight is 385 g/mol. The van der Waals surface area contributed by atoms with Gasteiger partial charge in [0.2, 0.25) is 11.8 Å². The Bertz CT molecular complexity index is 492. The fourth-order valence-electron chi connectivity index (χ4n) is 3.66. The van der Waals surface area contributed by atoms with Gasteiger partial charge in [0.25, 0.3) is 0 Å². The number of hydrogen-bond donors (Lipinski definition) is 5. The van der Waals surface area contributed by atoms with Crippen molar-refractivity contribution >= 4 is 17.6 Å². The Balaban J connectivity index is 2.75. The maximum Gasteiger partial charge on any atom is 0.245 e. The van der Waals surface area contributed by atoms with Crippen LogP contribution in [0.4, 0.5) is 0 Å². The van der Waals surface area contributed by atoms with E-state index in [2.05, 4.69) is 10.6 Å². The van der Waals surface area contributed by atoms with Crippen LogP contribution in [-0.4, -0.2) is 54.0 Å². The number of ketones is 1. The van der Waals surface area contributed by atoms with Gasteiger partial charge in [0.1, 0.15) is 6.04 Å². The minimum Gasteiger partial charge on any atom is -0.391 e. The molecule has 0 aromatic carbocycles. The van der Waals surface area contributed by atoms with Gasteiger partial charge in [-0.2, -0.15) is 0 Å². The van der Waals surface area contributed by atoms with Crippen molar-refractivity contribution < 1.29 is 19.5 Å². The molecular weight excluding hydrogens is 348 g/mol. The molecule has 0 saturated heterocycles. The molecule has 4 atom stereocenters. The summed E-state index contributed by atoms with van der Waals surface area (Å²) < 4.78 is 0. The van der Waals surface area contributed by atoms with Crippen LogP contribution in [0.1, 0.15) is 58.8 Å². The Kier molecular flexibility index (Phi) is 10.5. The third kappa shape index (κ3) is 7.56. The van der Waals surface area contributed by atoms with Crippen LogP contribution in [0.3, 0.4) is 0 Å². The summed E-state index contributed by atoms with van der Waals surface area (Å²) in [5, 5.41) is 15.2. The van der Waals surface area contributed by atoms with Crippen LogP contribution < -0.4 is 22.1 Å². The molecule has 8 nitrogen and oxygen atoms in total. The van der Waals surface area contributed by atoms with Crippen LogP contribution in [-0.2, 0) is 14.4 Å². The molecule has 1 saturated carbocycles. The summed E-state index contributed by atoms with van der Waals surface area (Å²) in [6.07, 6.45) is 5.03. The second-order valence-corrected chi connectivity index (χ2v) is 7.50. The molecule has 156 valence electrons. The summed E-state index contributed by atoms with van der Waals surface area (Å²) >= 11 is 0. The first-order chi connectivity index (χ1) is 12.8. The monoisotopic (exact) mass is 384 g/mol. The van der Waals surface area contributed by atoms with Crippen molar-refractivity contribution in [3.63, 3.8) is 0 Å². The lowest BCUT2D eigenvalue weighted by atomic mass is 9.90. The van der Waals surface area contributed by atoms with Crippen LogP contribution >= 0.6 is 0 Å². The molecule has 0 aromatic heterocycles. The lowest BCUT2D eigenvalue weighted by Gasteiger charge is -2.26. The highest BCUT2D eigenvalue weighted by atomic mass is 16.3. The van der Waals surface area contributed by atoms with Crippen LogP contribution in [0, 0.1) is 11.8 Å². The second-order valence-electron chi connectivity index (χ2n) is 7.50. The zero-order valence-electron chi connectivity index (χ0n) is 16.6. The number of hydrogen-bond acceptors (Lipinski definition) is 6. The smallest absolute Gasteiger partial charge is 0.245 e. The summed E-state index contributed by atoms with van der Waals surface area (Å²) in [5.74, 6) is -0.851. The highest BCUT2D eigenvalue weighted by Gasteiger charge is 2.32. The number of nitrogens with two attached hydrogens (primary N) is 2. The molecule has 1 aliphatic carbocycles. The van der Waals surface area contributed by atoms with E-state index in [1.54, 1.807) is 6.92 Å². The predicted octanol–water partition coefficient (Wildman–Crippen LogP) is -0.180. The highest BCUT2D eigenvalue weighted by Crippen LogP contribution is 2.31. The molecule has 27 heavy (non-hydrogen) atoms. The van der Waals surface area contributed by atoms with E-state index in [0.29, 0.717) is 18.9 Å². The van der Waals surface area contributed by atoms with Gasteiger partial charge in [-0.25, -0.2) is 0 Å². The summed E-state index contributed by atoms with van der Waals surface area (Å²) in [6.45, 7) is 3.47. The Morgan fingerprint density at radius 1 is 1.11 bits per heavy atom. The van der Waals surface area contributed by atoms with Gasteiger partial charge in [-0.1, -0.05) is 32.6 Å². The molecule has 0 radical (unpaired) electrons. The van der Waals surface area contributed by atoms with Crippen molar-refractivity contribution in [1.29, 1.82) is 0 Å². The number of carbonyl (C=O) groups excluding carboxylic acids is 3.